The van der Waals surface area contributed by atoms with Gasteiger partial charge in [-0.3, -0.25) is 4.79 Å². The molecule has 0 radical (unpaired) electrons. The van der Waals surface area contributed by atoms with E-state index in [1.54, 1.807) is 7.11 Å². The number of hydrogen-bond donors (Lipinski definition) is 0. The molecule has 35 heavy (non-hydrogen) atoms. The quantitative estimate of drug-likeness (QED) is 0.203. The van der Waals surface area contributed by atoms with Crippen LogP contribution in [-0.2, 0) is 33.2 Å². The minimum atomic E-state index is -0.375. The molecule has 0 unspecified atom stereocenters. The average molecular weight is 493 g/mol. The van der Waals surface area contributed by atoms with Gasteiger partial charge in [0.2, 0.25) is 0 Å². The van der Waals surface area contributed by atoms with Gasteiger partial charge in [0, 0.05) is 36.7 Å². The fraction of sp³-hybridized carbons (Fsp3) is 0.750. The number of ether oxygens (including phenoxy) is 6. The van der Waals surface area contributed by atoms with E-state index in [2.05, 4.69) is 12.1 Å². The van der Waals surface area contributed by atoms with Crippen LogP contribution >= 0.6 is 0 Å². The average Bonchev–Trinajstić information content (AvgIpc) is 2.91. The van der Waals surface area contributed by atoms with Crippen molar-refractivity contribution in [1.82, 2.24) is 0 Å². The van der Waals surface area contributed by atoms with Crippen molar-refractivity contribution < 1.29 is 33.2 Å². The van der Waals surface area contributed by atoms with E-state index in [4.69, 9.17) is 28.4 Å². The highest BCUT2D eigenvalue weighted by Gasteiger charge is 2.30. The number of unbranched alkanes of at least 4 members (excludes halogenated alkanes) is 6. The van der Waals surface area contributed by atoms with Crippen molar-refractivity contribution in [2.45, 2.75) is 76.8 Å². The monoisotopic (exact) mass is 492 g/mol. The summed E-state index contributed by atoms with van der Waals surface area (Å²) >= 11 is 0. The predicted molar refractivity (Wildman–Crippen MR) is 133 cm³/mol. The minimum Gasteiger partial charge on any atom is -0.468 e. The molecule has 0 saturated carbocycles. The van der Waals surface area contributed by atoms with Crippen molar-refractivity contribution >= 4 is 6.47 Å². The lowest BCUT2D eigenvalue weighted by atomic mass is 10.00. The van der Waals surface area contributed by atoms with E-state index in [0.717, 1.165) is 75.9 Å². The summed E-state index contributed by atoms with van der Waals surface area (Å²) in [6.45, 7) is 4.75. The van der Waals surface area contributed by atoms with Gasteiger partial charge in [-0.1, -0.05) is 62.8 Å². The van der Waals surface area contributed by atoms with Crippen LogP contribution in [0, 0.1) is 11.8 Å². The molecular weight excluding hydrogens is 448 g/mol. The van der Waals surface area contributed by atoms with Gasteiger partial charge in [0.25, 0.3) is 6.47 Å². The van der Waals surface area contributed by atoms with Crippen LogP contribution in [0.4, 0.5) is 0 Å². The van der Waals surface area contributed by atoms with Crippen molar-refractivity contribution in [2.24, 2.45) is 11.8 Å². The largest absolute Gasteiger partial charge is 0.468 e. The lowest BCUT2D eigenvalue weighted by Crippen LogP contribution is -2.30. The molecule has 1 aromatic rings. The predicted octanol–water partition coefficient (Wildman–Crippen LogP) is 5.73. The Hall–Kier alpha value is -1.51. The zero-order valence-electron chi connectivity index (χ0n) is 21.4. The van der Waals surface area contributed by atoms with Crippen molar-refractivity contribution in [3.05, 3.63) is 35.4 Å². The molecule has 2 aliphatic heterocycles. The van der Waals surface area contributed by atoms with Gasteiger partial charge in [-0.2, -0.15) is 0 Å². The van der Waals surface area contributed by atoms with Crippen LogP contribution in [0.5, 0.6) is 0 Å². The van der Waals surface area contributed by atoms with Gasteiger partial charge in [0.05, 0.1) is 33.0 Å². The maximum Gasteiger partial charge on any atom is 0.293 e. The normalized spacial score (nSPS) is 24.8. The maximum atomic E-state index is 10.2. The number of rotatable bonds is 17. The summed E-state index contributed by atoms with van der Waals surface area (Å²) in [6.07, 6.45) is 10.6. The number of carbonyl (C=O) groups is 1. The molecule has 0 aliphatic carbocycles. The Morgan fingerprint density at radius 1 is 0.714 bits per heavy atom. The third kappa shape index (κ3) is 10.2. The standard InChI is InChI=1S/C28H44O7/c1-30-16-10-4-2-6-12-23-18-32-27(33-19-23)25-14-8-9-15-26(25)28-34-20-24(21-35-28)13-7-3-5-11-17-31-22-29/h8-9,14-15,22-24,27-28H,2-7,10-13,16-21H2,1H3. The van der Waals surface area contributed by atoms with E-state index in [-0.39, 0.29) is 12.6 Å². The summed E-state index contributed by atoms with van der Waals surface area (Å²) < 4.78 is 34.4. The van der Waals surface area contributed by atoms with Crippen molar-refractivity contribution in [1.29, 1.82) is 0 Å². The van der Waals surface area contributed by atoms with E-state index < -0.39 is 0 Å². The van der Waals surface area contributed by atoms with Gasteiger partial charge in [0.1, 0.15) is 0 Å². The molecule has 2 heterocycles. The summed E-state index contributed by atoms with van der Waals surface area (Å²) in [5.74, 6) is 0.878. The molecule has 2 saturated heterocycles. The molecule has 0 amide bonds. The maximum absolute atomic E-state index is 10.2. The highest BCUT2D eigenvalue weighted by Crippen LogP contribution is 2.35. The highest BCUT2D eigenvalue weighted by molar-refractivity contribution is 5.36. The van der Waals surface area contributed by atoms with Crippen LogP contribution in [0.25, 0.3) is 0 Å². The summed E-state index contributed by atoms with van der Waals surface area (Å²) in [4.78, 5) is 10.2. The van der Waals surface area contributed by atoms with Crippen molar-refractivity contribution in [3.8, 4) is 0 Å². The second-order valence-electron chi connectivity index (χ2n) is 9.72. The Labute approximate surface area is 210 Å². The number of hydrogen-bond acceptors (Lipinski definition) is 7. The molecule has 198 valence electrons. The highest BCUT2D eigenvalue weighted by atomic mass is 16.7. The topological polar surface area (TPSA) is 72.5 Å². The first-order valence-corrected chi connectivity index (χ1v) is 13.4. The van der Waals surface area contributed by atoms with Gasteiger partial charge in [0.15, 0.2) is 12.6 Å². The number of methoxy groups -OCH3 is 1. The summed E-state index contributed by atoms with van der Waals surface area (Å²) in [7, 11) is 1.76. The van der Waals surface area contributed by atoms with Crippen molar-refractivity contribution in [2.75, 3.05) is 46.8 Å². The second kappa shape index (κ2) is 17.0. The molecule has 0 spiro atoms. The van der Waals surface area contributed by atoms with Gasteiger partial charge in [-0.05, 0) is 25.7 Å². The van der Waals surface area contributed by atoms with Crippen LogP contribution < -0.4 is 0 Å². The molecule has 0 aromatic heterocycles. The minimum absolute atomic E-state index is 0.364. The van der Waals surface area contributed by atoms with Gasteiger partial charge >= 0.3 is 0 Å². The molecule has 7 heteroatoms. The molecule has 7 nitrogen and oxygen atoms in total. The van der Waals surface area contributed by atoms with Crippen LogP contribution in [0.2, 0.25) is 0 Å². The Balaban J connectivity index is 1.36. The third-order valence-corrected chi connectivity index (χ3v) is 6.84. The Morgan fingerprint density at radius 2 is 1.17 bits per heavy atom. The molecule has 2 aliphatic rings. The van der Waals surface area contributed by atoms with Crippen LogP contribution in [0.1, 0.15) is 87.9 Å². The fourth-order valence-electron chi connectivity index (χ4n) is 4.77. The molecule has 0 N–H and O–H groups in total. The Bertz CT molecular complexity index is 682. The zero-order chi connectivity index (χ0) is 24.6. The summed E-state index contributed by atoms with van der Waals surface area (Å²) in [5, 5.41) is 0. The first kappa shape index (κ1) is 28.1. The lowest BCUT2D eigenvalue weighted by Gasteiger charge is -2.34. The van der Waals surface area contributed by atoms with E-state index in [0.29, 0.717) is 38.1 Å². The van der Waals surface area contributed by atoms with Crippen molar-refractivity contribution in [3.63, 3.8) is 0 Å². The van der Waals surface area contributed by atoms with Crippen LogP contribution in [0.15, 0.2) is 24.3 Å². The molecular formula is C28H44O7. The first-order valence-electron chi connectivity index (χ1n) is 13.4. The zero-order valence-corrected chi connectivity index (χ0v) is 21.4. The molecule has 0 bridgehead atoms. The number of benzene rings is 1. The fourth-order valence-corrected chi connectivity index (χ4v) is 4.77. The van der Waals surface area contributed by atoms with Gasteiger partial charge < -0.3 is 28.4 Å². The summed E-state index contributed by atoms with van der Waals surface area (Å²) in [5.41, 5.74) is 2.01. The number of carbonyl (C=O) groups excluding carboxylic acids is 1. The SMILES string of the molecule is COCCCCCCC1COC(c2ccccc2C2OCC(CCCCCCOC=O)CO2)OC1. The van der Waals surface area contributed by atoms with Crippen LogP contribution in [0.3, 0.4) is 0 Å². The van der Waals surface area contributed by atoms with E-state index >= 15 is 0 Å². The first-order chi connectivity index (χ1) is 17.3. The second-order valence-corrected chi connectivity index (χ2v) is 9.72. The third-order valence-electron chi connectivity index (χ3n) is 6.84. The van der Waals surface area contributed by atoms with Crippen LogP contribution in [-0.4, -0.2) is 53.2 Å². The molecule has 3 rings (SSSR count). The summed E-state index contributed by atoms with van der Waals surface area (Å²) in [6, 6.07) is 8.15. The Morgan fingerprint density at radius 3 is 1.63 bits per heavy atom. The lowest BCUT2D eigenvalue weighted by molar-refractivity contribution is -0.219. The smallest absolute Gasteiger partial charge is 0.293 e. The Kier molecular flexibility index (Phi) is 13.7. The van der Waals surface area contributed by atoms with E-state index in [1.807, 2.05) is 12.1 Å². The van der Waals surface area contributed by atoms with E-state index in [9.17, 15) is 4.79 Å². The van der Waals surface area contributed by atoms with Gasteiger partial charge in [-0.25, -0.2) is 0 Å². The molecule has 2 fully saturated rings. The molecule has 0 atom stereocenters. The molecule has 1 aromatic carbocycles. The van der Waals surface area contributed by atoms with Gasteiger partial charge in [-0.15, -0.1) is 0 Å². The van der Waals surface area contributed by atoms with E-state index in [1.165, 1.54) is 19.3 Å².